The number of rotatable bonds is 0. The molecule has 0 saturated carbocycles. The molecule has 0 spiro atoms. The summed E-state index contributed by atoms with van der Waals surface area (Å²) in [6.45, 7) is 0. The van der Waals surface area contributed by atoms with E-state index in [2.05, 4.69) is 0 Å². The summed E-state index contributed by atoms with van der Waals surface area (Å²) in [6.07, 6.45) is 0. The molecule has 0 N–H and O–H groups in total. The fourth-order valence-electron chi connectivity index (χ4n) is 0.427. The average molecular weight is 315 g/mol. The van der Waals surface area contributed by atoms with E-state index >= 15 is 0 Å². The van der Waals surface area contributed by atoms with Crippen LogP contribution in [0.2, 0.25) is 0 Å². The molecule has 0 fully saturated rings. The molecule has 0 aliphatic rings. The summed E-state index contributed by atoms with van der Waals surface area (Å²) >= 11 is 0. The summed E-state index contributed by atoms with van der Waals surface area (Å²) in [5, 5.41) is 0. The van der Waals surface area contributed by atoms with Gasteiger partial charge in [-0.25, -0.2) is 4.39 Å². The van der Waals surface area contributed by atoms with Gasteiger partial charge < -0.3 is 0 Å². The number of hydrogen-bond acceptors (Lipinski definition) is 0. The summed E-state index contributed by atoms with van der Waals surface area (Å²) in [6, 6.07) is 2.95. The predicted molar refractivity (Wildman–Crippen MR) is 25.2 cm³/mol. The average Bonchev–Trinajstić information content (AvgIpc) is 1.80. The van der Waals surface area contributed by atoms with E-state index in [1.54, 1.807) is 6.07 Å². The normalized spacial score (nSPS) is 8.70. The van der Waals surface area contributed by atoms with E-state index < -0.39 is 17.5 Å². The first-order chi connectivity index (χ1) is 4.20. The second-order valence-corrected chi connectivity index (χ2v) is 1.48. The molecule has 0 aliphatic carbocycles. The van der Waals surface area contributed by atoms with Crippen LogP contribution >= 0.6 is 0 Å². The van der Waals surface area contributed by atoms with E-state index in [4.69, 9.17) is 0 Å². The van der Waals surface area contributed by atoms with E-state index in [-0.39, 0.29) is 21.1 Å². The molecule has 0 amide bonds. The van der Waals surface area contributed by atoms with Crippen LogP contribution in [0.4, 0.5) is 13.2 Å². The molecule has 0 aliphatic heterocycles. The second-order valence-electron chi connectivity index (χ2n) is 1.48. The fraction of sp³-hybridized carbons (Fsp3) is 0. The number of benzene rings is 1. The molecule has 0 nitrogen and oxygen atoms in total. The minimum Gasteiger partial charge on any atom is -0.284 e. The van der Waals surface area contributed by atoms with Crippen LogP contribution in [-0.2, 0) is 21.1 Å². The van der Waals surface area contributed by atoms with Crippen molar-refractivity contribution in [3.05, 3.63) is 35.7 Å². The van der Waals surface area contributed by atoms with Gasteiger partial charge in [0.2, 0.25) is 0 Å². The van der Waals surface area contributed by atoms with Gasteiger partial charge in [-0.05, 0) is 0 Å². The topological polar surface area (TPSA) is 0 Å². The van der Waals surface area contributed by atoms with Gasteiger partial charge in [-0.3, -0.25) is 8.78 Å². The predicted octanol–water partition coefficient (Wildman–Crippen LogP) is 1.90. The van der Waals surface area contributed by atoms with Crippen molar-refractivity contribution in [2.45, 2.75) is 0 Å². The largest absolute Gasteiger partial charge is 0.284 e. The molecule has 1 aromatic carbocycles. The second kappa shape index (κ2) is 3.77. The molecule has 0 aromatic heterocycles. The molecule has 0 heterocycles. The van der Waals surface area contributed by atoms with Crippen LogP contribution in [0.1, 0.15) is 0 Å². The van der Waals surface area contributed by atoms with Crippen LogP contribution in [0, 0.1) is 23.5 Å². The first-order valence-electron chi connectivity index (χ1n) is 2.22. The minimum absolute atomic E-state index is 0. The third-order valence-corrected chi connectivity index (χ3v) is 0.811. The van der Waals surface area contributed by atoms with E-state index in [1.165, 1.54) is 0 Å². The van der Waals surface area contributed by atoms with Crippen LogP contribution in [0.15, 0.2) is 12.1 Å². The Morgan fingerprint density at radius 2 is 1.80 bits per heavy atom. The van der Waals surface area contributed by atoms with Gasteiger partial charge in [-0.2, -0.15) is 0 Å². The Morgan fingerprint density at radius 1 is 1.20 bits per heavy atom. The van der Waals surface area contributed by atoms with Gasteiger partial charge in [0.15, 0.2) is 0 Å². The van der Waals surface area contributed by atoms with Crippen LogP contribution in [-0.4, -0.2) is 0 Å². The van der Waals surface area contributed by atoms with Gasteiger partial charge >= 0.3 is 0 Å². The third kappa shape index (κ3) is 2.14. The fourth-order valence-corrected chi connectivity index (χ4v) is 0.427. The number of hydrogen-bond donors (Lipinski definition) is 0. The van der Waals surface area contributed by atoms with Crippen molar-refractivity contribution < 1.29 is 34.2 Å². The number of halogens is 3. The maximum atomic E-state index is 11.9. The first-order valence-corrected chi connectivity index (χ1v) is 2.22. The van der Waals surface area contributed by atoms with Crippen molar-refractivity contribution >= 4 is 0 Å². The zero-order valence-corrected chi connectivity index (χ0v) is 7.63. The van der Waals surface area contributed by atoms with Crippen molar-refractivity contribution in [3.63, 3.8) is 0 Å². The maximum absolute atomic E-state index is 11.9. The van der Waals surface area contributed by atoms with Gasteiger partial charge in [0.25, 0.3) is 0 Å². The zero-order valence-electron chi connectivity index (χ0n) is 4.70. The first kappa shape index (κ1) is 9.70. The monoisotopic (exact) mass is 315 g/mol. The molecule has 10 heavy (non-hydrogen) atoms. The summed E-state index contributed by atoms with van der Waals surface area (Å²) in [5.74, 6) is -3.19. The molecule has 1 aromatic rings. The van der Waals surface area contributed by atoms with Gasteiger partial charge in [-0.15, -0.1) is 18.2 Å². The third-order valence-electron chi connectivity index (χ3n) is 0.811. The molecule has 0 bridgehead atoms. The van der Waals surface area contributed by atoms with Crippen molar-refractivity contribution in [2.75, 3.05) is 0 Å². The summed E-state index contributed by atoms with van der Waals surface area (Å²) < 4.78 is 35.7. The van der Waals surface area contributed by atoms with Gasteiger partial charge in [0.1, 0.15) is 0 Å². The Labute approximate surface area is 70.3 Å². The van der Waals surface area contributed by atoms with Gasteiger partial charge in [-0.1, -0.05) is 0 Å². The minimum atomic E-state index is -1.21. The Balaban J connectivity index is 0.000000810. The van der Waals surface area contributed by atoms with Crippen LogP contribution in [0.5, 0.6) is 0 Å². The molecule has 1 rings (SSSR count). The molecule has 0 radical (unpaired) electrons. The molecule has 0 saturated heterocycles. The molecule has 0 atom stereocenters. The van der Waals surface area contributed by atoms with E-state index in [9.17, 15) is 13.2 Å². The van der Waals surface area contributed by atoms with Crippen LogP contribution < -0.4 is 0 Å². The van der Waals surface area contributed by atoms with Crippen LogP contribution in [0.25, 0.3) is 0 Å². The van der Waals surface area contributed by atoms with Gasteiger partial charge in [0.05, 0.1) is 0 Å². The Kier molecular flexibility index (Phi) is 3.65. The van der Waals surface area contributed by atoms with Crippen molar-refractivity contribution in [2.24, 2.45) is 0 Å². The summed E-state index contributed by atoms with van der Waals surface area (Å²) in [5.41, 5.74) is 0. The van der Waals surface area contributed by atoms with E-state index in [1.807, 2.05) is 0 Å². The van der Waals surface area contributed by atoms with Crippen LogP contribution in [0.3, 0.4) is 0 Å². The molecule has 54 valence electrons. The van der Waals surface area contributed by atoms with Gasteiger partial charge in [0, 0.05) is 38.5 Å². The Morgan fingerprint density at radius 3 is 2.20 bits per heavy atom. The standard InChI is InChI=1S/C6H2F3.W/c7-4-1-2-5(8)6(9)3-4;/h1,3H;/q-1;. The smallest absolute Gasteiger partial charge is 0.0462 e. The quantitative estimate of drug-likeness (QED) is 0.507. The maximum Gasteiger partial charge on any atom is 0.0462 e. The van der Waals surface area contributed by atoms with Crippen molar-refractivity contribution in [1.82, 2.24) is 0 Å². The summed E-state index contributed by atoms with van der Waals surface area (Å²) in [7, 11) is 0. The van der Waals surface area contributed by atoms with Crippen molar-refractivity contribution in [1.29, 1.82) is 0 Å². The molecule has 4 heteroatoms. The molecule has 0 unspecified atom stereocenters. The molecular weight excluding hydrogens is 313 g/mol. The van der Waals surface area contributed by atoms with E-state index in [0.717, 1.165) is 6.07 Å². The SMILES string of the molecule is Fc1c[c-]c(F)c(F)c1.[W]. The Bertz CT molecular complexity index is 224. The zero-order chi connectivity index (χ0) is 6.85. The summed E-state index contributed by atoms with van der Waals surface area (Å²) in [4.78, 5) is 0. The van der Waals surface area contributed by atoms with Crippen molar-refractivity contribution in [3.8, 4) is 0 Å². The van der Waals surface area contributed by atoms with E-state index in [0.29, 0.717) is 6.07 Å². The Hall–Kier alpha value is -0.302. The molecular formula is C6H2F3W-.